The highest BCUT2D eigenvalue weighted by Crippen LogP contribution is 2.55. The number of piperazine rings is 1. The molecule has 3 atom stereocenters. The van der Waals surface area contributed by atoms with Gasteiger partial charge in [-0.15, -0.1) is 0 Å². The highest BCUT2D eigenvalue weighted by Gasteiger charge is 2.64. The SMILES string of the molecule is CC(C)[C@H](C(=O)C1CCC[C@H]1C(=O)NCc1ccc(C#N)cc1)c1cc(OCCN2CCN(c3ccc(C(=O)N[C@H]4C(C)(C)[C@H](Oc5ccc(C#N)c(Cl)c5)C4(C)C)cn3)CC2)no1. The number of hydrogen-bond donors (Lipinski definition) is 2. The van der Waals surface area contributed by atoms with E-state index in [9.17, 15) is 19.6 Å². The van der Waals surface area contributed by atoms with E-state index < -0.39 is 17.8 Å². The van der Waals surface area contributed by atoms with Crippen LogP contribution in [0.15, 0.2) is 71.4 Å². The zero-order valence-electron chi connectivity index (χ0n) is 37.4. The Kier molecular flexibility index (Phi) is 14.0. The van der Waals surface area contributed by atoms with Crippen LogP contribution in [0.5, 0.6) is 11.6 Å². The summed E-state index contributed by atoms with van der Waals surface area (Å²) in [5.41, 5.74) is 1.56. The standard InChI is InChI=1S/C49H57ClN8O6/c1-30(2)42(43(59)36-8-7-9-37(36)45(61)54-28-32-12-10-31(26-51)11-13-32)39-25-41(56-64-39)62-23-22-57-18-20-58(21-19-57)40-17-15-34(29-53-40)44(60)55-46-48(3,4)47(49(46,5)6)63-35-16-14-33(27-52)38(50)24-35/h10-17,24-25,29-30,36-37,42,46-47H,7-9,18-23,28H2,1-6H3,(H,54,61)(H,55,60)/t36?,37-,42+,46-,47-/m1/s1. The van der Waals surface area contributed by atoms with E-state index in [0.717, 1.165) is 44.0 Å². The number of Topliss-reactive ketones (excluding diaryl/α,β-unsaturated/α-hetero) is 1. The summed E-state index contributed by atoms with van der Waals surface area (Å²) in [7, 11) is 0. The van der Waals surface area contributed by atoms with Crippen molar-refractivity contribution in [3.05, 3.63) is 99.9 Å². The molecule has 1 aliphatic heterocycles. The summed E-state index contributed by atoms with van der Waals surface area (Å²) in [6.07, 6.45) is 3.52. The Morgan fingerprint density at radius 1 is 0.938 bits per heavy atom. The topological polar surface area (TPSA) is 187 Å². The maximum absolute atomic E-state index is 14.0. The lowest BCUT2D eigenvalue weighted by Gasteiger charge is -2.63. The maximum atomic E-state index is 14.0. The summed E-state index contributed by atoms with van der Waals surface area (Å²) >= 11 is 6.25. The number of nitriles is 2. The fourth-order valence-corrected chi connectivity index (χ4v) is 10.4. The van der Waals surface area contributed by atoms with Crippen molar-refractivity contribution in [3.63, 3.8) is 0 Å². The molecule has 0 spiro atoms. The number of aromatic nitrogens is 2. The molecular formula is C49H57ClN8O6. The van der Waals surface area contributed by atoms with E-state index in [-0.39, 0.29) is 46.5 Å². The van der Waals surface area contributed by atoms with Gasteiger partial charge in [-0.25, -0.2) is 4.98 Å². The van der Waals surface area contributed by atoms with Crippen LogP contribution in [0, 0.1) is 51.2 Å². The van der Waals surface area contributed by atoms with Gasteiger partial charge in [0.1, 0.15) is 36.1 Å². The molecule has 64 heavy (non-hydrogen) atoms. The molecule has 2 aromatic heterocycles. The number of ketones is 1. The highest BCUT2D eigenvalue weighted by atomic mass is 35.5. The first kappa shape index (κ1) is 46.0. The van der Waals surface area contributed by atoms with Crippen LogP contribution in [0.1, 0.15) is 99.5 Å². The number of benzene rings is 2. The molecule has 336 valence electrons. The minimum atomic E-state index is -0.551. The molecule has 1 unspecified atom stereocenters. The Labute approximate surface area is 380 Å². The van der Waals surface area contributed by atoms with Crippen LogP contribution < -0.4 is 25.0 Å². The van der Waals surface area contributed by atoms with Crippen LogP contribution in [0.4, 0.5) is 5.82 Å². The lowest BCUT2D eigenvalue weighted by Crippen LogP contribution is -2.74. The van der Waals surface area contributed by atoms with Gasteiger partial charge < -0.3 is 29.5 Å². The van der Waals surface area contributed by atoms with E-state index in [1.54, 1.807) is 42.6 Å². The van der Waals surface area contributed by atoms with Crippen LogP contribution in [-0.4, -0.2) is 84.1 Å². The molecule has 2 aliphatic carbocycles. The summed E-state index contributed by atoms with van der Waals surface area (Å²) in [5.74, 6) is 0.393. The van der Waals surface area contributed by atoms with Gasteiger partial charge in [-0.05, 0) is 65.9 Å². The van der Waals surface area contributed by atoms with Gasteiger partial charge in [-0.2, -0.15) is 10.5 Å². The summed E-state index contributed by atoms with van der Waals surface area (Å²) in [5, 5.41) is 29.0. The van der Waals surface area contributed by atoms with Crippen molar-refractivity contribution in [2.24, 2.45) is 28.6 Å². The van der Waals surface area contributed by atoms with E-state index in [2.05, 4.69) is 70.4 Å². The number of halogens is 1. The Bertz CT molecular complexity index is 2380. The number of ether oxygens (including phenoxy) is 2. The number of rotatable bonds is 16. The van der Waals surface area contributed by atoms with E-state index in [0.29, 0.717) is 71.6 Å². The summed E-state index contributed by atoms with van der Waals surface area (Å²) in [4.78, 5) is 50.0. The average molecular weight is 889 g/mol. The second-order valence-electron chi connectivity index (χ2n) is 18.7. The molecular weight excluding hydrogens is 832 g/mol. The maximum Gasteiger partial charge on any atom is 0.254 e. The number of anilines is 1. The number of nitrogens with zero attached hydrogens (tertiary/aromatic N) is 6. The number of nitrogens with one attached hydrogen (secondary N) is 2. The third-order valence-electron chi connectivity index (χ3n) is 13.3. The van der Waals surface area contributed by atoms with Gasteiger partial charge >= 0.3 is 0 Å². The number of hydrogen-bond acceptors (Lipinski definition) is 12. The van der Waals surface area contributed by atoms with Crippen molar-refractivity contribution < 1.29 is 28.4 Å². The van der Waals surface area contributed by atoms with Crippen molar-refractivity contribution in [1.82, 2.24) is 25.7 Å². The van der Waals surface area contributed by atoms with Crippen LogP contribution >= 0.6 is 11.6 Å². The van der Waals surface area contributed by atoms with Gasteiger partial charge in [0, 0.05) is 86.3 Å². The number of carbonyl (C=O) groups is 3. The summed E-state index contributed by atoms with van der Waals surface area (Å²) in [6.45, 7) is 16.8. The summed E-state index contributed by atoms with van der Waals surface area (Å²) in [6, 6.07) is 21.6. The van der Waals surface area contributed by atoms with Gasteiger partial charge in [0.25, 0.3) is 11.8 Å². The molecule has 2 N–H and O–H groups in total. The lowest BCUT2D eigenvalue weighted by atomic mass is 9.49. The Hall–Kier alpha value is -5.96. The zero-order chi connectivity index (χ0) is 45.8. The largest absolute Gasteiger partial charge is 0.489 e. The van der Waals surface area contributed by atoms with Gasteiger partial charge in [-0.1, -0.05) is 71.7 Å². The summed E-state index contributed by atoms with van der Waals surface area (Å²) < 4.78 is 18.1. The molecule has 3 heterocycles. The average Bonchev–Trinajstić information content (AvgIpc) is 3.97. The molecule has 3 fully saturated rings. The van der Waals surface area contributed by atoms with Crippen molar-refractivity contribution in [2.45, 2.75) is 85.4 Å². The molecule has 2 saturated carbocycles. The molecule has 1 saturated heterocycles. The first-order valence-electron chi connectivity index (χ1n) is 22.1. The monoisotopic (exact) mass is 888 g/mol. The predicted octanol–water partition coefficient (Wildman–Crippen LogP) is 7.32. The second-order valence-corrected chi connectivity index (χ2v) is 19.2. The molecule has 7 rings (SSSR count). The molecule has 14 nitrogen and oxygen atoms in total. The van der Waals surface area contributed by atoms with Crippen molar-refractivity contribution in [1.29, 1.82) is 10.5 Å². The Morgan fingerprint density at radius 3 is 2.30 bits per heavy atom. The van der Waals surface area contributed by atoms with Gasteiger partial charge in [0.05, 0.1) is 33.7 Å². The number of carbonyl (C=O) groups excluding carboxylic acids is 3. The molecule has 0 bridgehead atoms. The van der Waals surface area contributed by atoms with Crippen LogP contribution in [0.3, 0.4) is 0 Å². The second kappa shape index (κ2) is 19.4. The van der Waals surface area contributed by atoms with Crippen LogP contribution in [-0.2, 0) is 16.1 Å². The molecule has 2 amide bonds. The fourth-order valence-electron chi connectivity index (χ4n) is 10.1. The molecule has 2 aromatic carbocycles. The minimum Gasteiger partial charge on any atom is -0.489 e. The first-order chi connectivity index (χ1) is 30.6. The lowest BCUT2D eigenvalue weighted by molar-refractivity contribution is -0.164. The zero-order valence-corrected chi connectivity index (χ0v) is 38.2. The minimum absolute atomic E-state index is 0.00544. The van der Waals surface area contributed by atoms with E-state index in [1.165, 1.54) is 0 Å². The van der Waals surface area contributed by atoms with Crippen molar-refractivity contribution in [3.8, 4) is 23.8 Å². The molecule has 0 radical (unpaired) electrons. The van der Waals surface area contributed by atoms with Gasteiger partial charge in [-0.3, -0.25) is 19.3 Å². The van der Waals surface area contributed by atoms with Crippen molar-refractivity contribution >= 4 is 35.0 Å². The number of pyridine rings is 1. The number of amides is 2. The van der Waals surface area contributed by atoms with Crippen molar-refractivity contribution in [2.75, 3.05) is 44.2 Å². The molecule has 4 aromatic rings. The normalized spacial score (nSPS) is 21.8. The predicted molar refractivity (Wildman–Crippen MR) is 241 cm³/mol. The van der Waals surface area contributed by atoms with E-state index in [4.69, 9.17) is 30.9 Å². The molecule has 3 aliphatic rings. The van der Waals surface area contributed by atoms with Crippen LogP contribution in [0.25, 0.3) is 0 Å². The third-order valence-corrected chi connectivity index (χ3v) is 13.7. The smallest absolute Gasteiger partial charge is 0.254 e. The highest BCUT2D eigenvalue weighted by molar-refractivity contribution is 6.31. The Morgan fingerprint density at radius 2 is 1.66 bits per heavy atom. The van der Waals surface area contributed by atoms with Crippen LogP contribution in [0.2, 0.25) is 5.02 Å². The van der Waals surface area contributed by atoms with E-state index >= 15 is 0 Å². The van der Waals surface area contributed by atoms with Gasteiger partial charge in [0.2, 0.25) is 5.91 Å². The Balaban J connectivity index is 0.848. The quantitative estimate of drug-likeness (QED) is 0.114. The van der Waals surface area contributed by atoms with E-state index in [1.807, 2.05) is 38.1 Å². The molecule has 15 heteroatoms. The fraction of sp³-hybridized carbons (Fsp3) is 0.490. The first-order valence-corrected chi connectivity index (χ1v) is 22.5. The third kappa shape index (κ3) is 9.89. The van der Waals surface area contributed by atoms with Gasteiger partial charge in [0.15, 0.2) is 5.76 Å².